The van der Waals surface area contributed by atoms with Gasteiger partial charge in [-0.3, -0.25) is 0 Å². The van der Waals surface area contributed by atoms with Crippen molar-refractivity contribution in [1.82, 2.24) is 4.90 Å². The van der Waals surface area contributed by atoms with E-state index in [0.717, 1.165) is 13.1 Å². The van der Waals surface area contributed by atoms with Gasteiger partial charge in [-0.05, 0) is 18.2 Å². The molecular weight excluding hydrogens is 304 g/mol. The molecule has 1 heterocycles. The van der Waals surface area contributed by atoms with Gasteiger partial charge in [-0.25, -0.2) is 8.42 Å². The number of rotatable bonds is 4. The Bertz CT molecular complexity index is 627. The number of thioether (sulfide) groups is 1. The van der Waals surface area contributed by atoms with E-state index < -0.39 is 9.84 Å². The van der Waals surface area contributed by atoms with Crippen LogP contribution in [0.5, 0.6) is 0 Å². The Morgan fingerprint density at radius 2 is 2.00 bits per heavy atom. The van der Waals surface area contributed by atoms with Crippen LogP contribution in [0.25, 0.3) is 0 Å². The van der Waals surface area contributed by atoms with Crippen molar-refractivity contribution in [2.45, 2.75) is 29.2 Å². The summed E-state index contributed by atoms with van der Waals surface area (Å²) in [7, 11) is -3.33. The maximum absolute atomic E-state index is 12.4. The molecule has 1 aromatic carbocycles. The third-order valence-electron chi connectivity index (χ3n) is 3.49. The normalized spacial score (nSPS) is 23.7. The van der Waals surface area contributed by atoms with Gasteiger partial charge in [0.05, 0.1) is 22.3 Å². The molecule has 4 nitrogen and oxygen atoms in total. The molecule has 1 aromatic rings. The molecule has 0 spiro atoms. The fourth-order valence-electron chi connectivity index (χ4n) is 2.59. The Morgan fingerprint density at radius 3 is 2.62 bits per heavy atom. The Labute approximate surface area is 131 Å². The standard InChI is InChI=1S/C15H20N2O2S2/c1-12-10-17(11-13(2)20-12)6-7-21(18,19)15-5-3-4-14(8-15)9-16/h3-5,8,12-13H,6-7,10-11H2,1-2H3. The third-order valence-corrected chi connectivity index (χ3v) is 6.41. The van der Waals surface area contributed by atoms with Crippen molar-refractivity contribution >= 4 is 21.6 Å². The summed E-state index contributed by atoms with van der Waals surface area (Å²) < 4.78 is 24.7. The Kier molecular flexibility index (Phi) is 5.31. The van der Waals surface area contributed by atoms with Crippen LogP contribution in [0.4, 0.5) is 0 Å². The van der Waals surface area contributed by atoms with E-state index >= 15 is 0 Å². The van der Waals surface area contributed by atoms with Crippen LogP contribution in [0.3, 0.4) is 0 Å². The first-order valence-corrected chi connectivity index (χ1v) is 9.61. The molecule has 21 heavy (non-hydrogen) atoms. The summed E-state index contributed by atoms with van der Waals surface area (Å²) >= 11 is 1.95. The lowest BCUT2D eigenvalue weighted by molar-refractivity contribution is 0.286. The van der Waals surface area contributed by atoms with Crippen LogP contribution >= 0.6 is 11.8 Å². The van der Waals surface area contributed by atoms with Crippen molar-refractivity contribution < 1.29 is 8.42 Å². The summed E-state index contributed by atoms with van der Waals surface area (Å²) in [5, 5.41) is 9.94. The van der Waals surface area contributed by atoms with Crippen molar-refractivity contribution in [3.05, 3.63) is 29.8 Å². The molecule has 0 N–H and O–H groups in total. The van der Waals surface area contributed by atoms with E-state index in [4.69, 9.17) is 5.26 Å². The van der Waals surface area contributed by atoms with Gasteiger partial charge in [0.1, 0.15) is 0 Å². The number of hydrogen-bond donors (Lipinski definition) is 0. The largest absolute Gasteiger partial charge is 0.300 e. The maximum atomic E-state index is 12.4. The third kappa shape index (κ3) is 4.47. The topological polar surface area (TPSA) is 61.2 Å². The highest BCUT2D eigenvalue weighted by Crippen LogP contribution is 2.24. The number of nitrogens with zero attached hydrogens (tertiary/aromatic N) is 2. The Hall–Kier alpha value is -1.03. The van der Waals surface area contributed by atoms with Crippen LogP contribution in [0.2, 0.25) is 0 Å². The highest BCUT2D eigenvalue weighted by Gasteiger charge is 2.24. The van der Waals surface area contributed by atoms with Crippen LogP contribution in [-0.4, -0.2) is 49.2 Å². The number of benzene rings is 1. The molecule has 114 valence electrons. The summed E-state index contributed by atoms with van der Waals surface area (Å²) in [6, 6.07) is 8.23. The van der Waals surface area contributed by atoms with E-state index in [1.807, 2.05) is 17.8 Å². The van der Waals surface area contributed by atoms with E-state index in [1.165, 1.54) is 6.07 Å². The number of hydrogen-bond acceptors (Lipinski definition) is 5. The van der Waals surface area contributed by atoms with Crippen LogP contribution in [0, 0.1) is 11.3 Å². The minimum absolute atomic E-state index is 0.103. The first-order chi connectivity index (χ1) is 9.90. The molecule has 1 saturated heterocycles. The van der Waals surface area contributed by atoms with Crippen LogP contribution in [-0.2, 0) is 9.84 Å². The lowest BCUT2D eigenvalue weighted by Gasteiger charge is -2.34. The summed E-state index contributed by atoms with van der Waals surface area (Å²) in [4.78, 5) is 2.46. The second kappa shape index (κ2) is 6.82. The van der Waals surface area contributed by atoms with Crippen molar-refractivity contribution in [3.8, 4) is 6.07 Å². The summed E-state index contributed by atoms with van der Waals surface area (Å²) in [5.41, 5.74) is 0.382. The SMILES string of the molecule is CC1CN(CCS(=O)(=O)c2cccc(C#N)c2)CC(C)S1. The smallest absolute Gasteiger partial charge is 0.179 e. The first-order valence-electron chi connectivity index (χ1n) is 7.01. The van der Waals surface area contributed by atoms with Gasteiger partial charge in [0.25, 0.3) is 0 Å². The second-order valence-corrected chi connectivity index (χ2v) is 9.47. The van der Waals surface area contributed by atoms with Crippen LogP contribution in [0.1, 0.15) is 19.4 Å². The molecular formula is C15H20N2O2S2. The molecule has 6 heteroatoms. The molecule has 0 saturated carbocycles. The van der Waals surface area contributed by atoms with E-state index in [0.29, 0.717) is 22.6 Å². The molecule has 0 radical (unpaired) electrons. The van der Waals surface area contributed by atoms with Gasteiger partial charge in [0, 0.05) is 30.1 Å². The predicted molar refractivity (Wildman–Crippen MR) is 86.2 cm³/mol. The highest BCUT2D eigenvalue weighted by molar-refractivity contribution is 8.00. The van der Waals surface area contributed by atoms with E-state index in [-0.39, 0.29) is 10.6 Å². The lowest BCUT2D eigenvalue weighted by atomic mass is 10.2. The van der Waals surface area contributed by atoms with Gasteiger partial charge in [-0.2, -0.15) is 17.0 Å². The minimum atomic E-state index is -3.33. The monoisotopic (exact) mass is 324 g/mol. The molecule has 1 fully saturated rings. The molecule has 0 aliphatic carbocycles. The average molecular weight is 324 g/mol. The maximum Gasteiger partial charge on any atom is 0.179 e. The summed E-state index contributed by atoms with van der Waals surface area (Å²) in [5.74, 6) is 0.103. The Morgan fingerprint density at radius 1 is 1.33 bits per heavy atom. The minimum Gasteiger partial charge on any atom is -0.300 e. The van der Waals surface area contributed by atoms with E-state index in [2.05, 4.69) is 18.7 Å². The zero-order chi connectivity index (χ0) is 15.5. The average Bonchev–Trinajstić information content (AvgIpc) is 2.44. The number of nitriles is 1. The van der Waals surface area contributed by atoms with Gasteiger partial charge >= 0.3 is 0 Å². The fourth-order valence-corrected chi connectivity index (χ4v) is 5.31. The first kappa shape index (κ1) is 16.3. The van der Waals surface area contributed by atoms with Gasteiger partial charge in [0.2, 0.25) is 0 Å². The quantitative estimate of drug-likeness (QED) is 0.849. The lowest BCUT2D eigenvalue weighted by Crippen LogP contribution is -2.42. The van der Waals surface area contributed by atoms with Gasteiger partial charge in [-0.1, -0.05) is 19.9 Å². The van der Waals surface area contributed by atoms with Gasteiger partial charge < -0.3 is 4.90 Å². The zero-order valence-electron chi connectivity index (χ0n) is 12.3. The van der Waals surface area contributed by atoms with E-state index in [9.17, 15) is 8.42 Å². The molecule has 0 aromatic heterocycles. The fraction of sp³-hybridized carbons (Fsp3) is 0.533. The Balaban J connectivity index is 2.03. The molecule has 1 aliphatic heterocycles. The van der Waals surface area contributed by atoms with Gasteiger partial charge in [0.15, 0.2) is 9.84 Å². The van der Waals surface area contributed by atoms with Crippen molar-refractivity contribution in [2.24, 2.45) is 0 Å². The second-order valence-electron chi connectivity index (χ2n) is 5.48. The molecule has 2 rings (SSSR count). The molecule has 1 aliphatic rings. The van der Waals surface area contributed by atoms with E-state index in [1.54, 1.807) is 18.2 Å². The van der Waals surface area contributed by atoms with Crippen molar-refractivity contribution in [1.29, 1.82) is 5.26 Å². The zero-order valence-corrected chi connectivity index (χ0v) is 14.0. The van der Waals surface area contributed by atoms with Crippen LogP contribution < -0.4 is 0 Å². The molecule has 2 unspecified atom stereocenters. The molecule has 0 amide bonds. The van der Waals surface area contributed by atoms with Crippen molar-refractivity contribution in [2.75, 3.05) is 25.4 Å². The highest BCUT2D eigenvalue weighted by atomic mass is 32.2. The summed E-state index contributed by atoms with van der Waals surface area (Å²) in [6.45, 7) is 6.77. The molecule has 2 atom stereocenters. The predicted octanol–water partition coefficient (Wildman–Crippen LogP) is 2.16. The molecule has 0 bridgehead atoms. The van der Waals surface area contributed by atoms with Gasteiger partial charge in [-0.15, -0.1) is 0 Å². The summed E-state index contributed by atoms with van der Waals surface area (Å²) in [6.07, 6.45) is 0. The van der Waals surface area contributed by atoms with Crippen LogP contribution in [0.15, 0.2) is 29.2 Å². The number of sulfone groups is 1. The van der Waals surface area contributed by atoms with Crippen molar-refractivity contribution in [3.63, 3.8) is 0 Å².